The number of unbranched alkanes of at least 4 members (excludes halogenated alkanes) is 1. The zero-order valence-electron chi connectivity index (χ0n) is 17.4. The Balaban J connectivity index is 3.04. The second-order valence-corrected chi connectivity index (χ2v) is 7.12. The fraction of sp³-hybridized carbons (Fsp3) is 0.619. The minimum absolute atomic E-state index is 0.242. The fourth-order valence-electron chi connectivity index (χ4n) is 2.91. The molecule has 1 N–H and O–H groups in total. The summed E-state index contributed by atoms with van der Waals surface area (Å²) in [4.78, 5) is 24.9. The van der Waals surface area contributed by atoms with Crippen molar-refractivity contribution in [2.45, 2.75) is 59.5 Å². The van der Waals surface area contributed by atoms with Crippen LogP contribution in [-0.2, 0) is 14.3 Å². The minimum Gasteiger partial charge on any atom is -0.493 e. The summed E-state index contributed by atoms with van der Waals surface area (Å²) >= 11 is 0. The molecule has 1 unspecified atom stereocenters. The first kappa shape index (κ1) is 23.0. The standard InChI is InChI=1S/C21H33NO5/c1-7-9-12-26-18-11-10-16(13-17(18)19(23)25-6)22-20(24)21(5,27-8-2)14-15(3)4/h10-11,13,15H,7-9,12,14H2,1-6H3,(H,22,24). The summed E-state index contributed by atoms with van der Waals surface area (Å²) < 4.78 is 16.3. The highest BCUT2D eigenvalue weighted by atomic mass is 16.5. The number of anilines is 1. The van der Waals surface area contributed by atoms with Gasteiger partial charge >= 0.3 is 5.97 Å². The van der Waals surface area contributed by atoms with Gasteiger partial charge in [0.1, 0.15) is 16.9 Å². The van der Waals surface area contributed by atoms with E-state index in [0.717, 1.165) is 12.8 Å². The molecule has 0 aliphatic heterocycles. The maximum absolute atomic E-state index is 12.8. The van der Waals surface area contributed by atoms with Crippen molar-refractivity contribution in [3.8, 4) is 5.75 Å². The van der Waals surface area contributed by atoms with Gasteiger partial charge in [0.2, 0.25) is 0 Å². The molecular weight excluding hydrogens is 346 g/mol. The SMILES string of the molecule is CCCCOc1ccc(NC(=O)C(C)(CC(C)C)OCC)cc1C(=O)OC. The van der Waals surface area contributed by atoms with Crippen molar-refractivity contribution < 1.29 is 23.8 Å². The first-order chi connectivity index (χ1) is 12.8. The van der Waals surface area contributed by atoms with Gasteiger partial charge in [-0.05, 0) is 50.8 Å². The monoisotopic (exact) mass is 379 g/mol. The Morgan fingerprint density at radius 1 is 1.22 bits per heavy atom. The van der Waals surface area contributed by atoms with Crippen LogP contribution in [0.1, 0.15) is 64.2 Å². The van der Waals surface area contributed by atoms with Crippen LogP contribution in [0.15, 0.2) is 18.2 Å². The van der Waals surface area contributed by atoms with Crippen LogP contribution in [-0.4, -0.2) is 37.8 Å². The molecule has 1 rings (SSSR count). The molecular formula is C21H33NO5. The summed E-state index contributed by atoms with van der Waals surface area (Å²) in [6.45, 7) is 10.8. The summed E-state index contributed by atoms with van der Waals surface area (Å²) in [6, 6.07) is 4.97. The molecule has 0 heterocycles. The van der Waals surface area contributed by atoms with Gasteiger partial charge in [-0.3, -0.25) is 4.79 Å². The first-order valence-electron chi connectivity index (χ1n) is 9.57. The molecule has 1 aromatic rings. The molecule has 0 saturated heterocycles. The van der Waals surface area contributed by atoms with Gasteiger partial charge < -0.3 is 19.5 Å². The van der Waals surface area contributed by atoms with Crippen molar-refractivity contribution in [2.24, 2.45) is 5.92 Å². The van der Waals surface area contributed by atoms with E-state index in [2.05, 4.69) is 12.2 Å². The van der Waals surface area contributed by atoms with E-state index in [1.54, 1.807) is 25.1 Å². The third-order valence-electron chi connectivity index (χ3n) is 4.14. The molecule has 152 valence electrons. The number of carbonyl (C=O) groups is 2. The number of rotatable bonds is 11. The summed E-state index contributed by atoms with van der Waals surface area (Å²) in [6.07, 6.45) is 2.48. The molecule has 6 heteroatoms. The average Bonchev–Trinajstić information content (AvgIpc) is 2.61. The Bertz CT molecular complexity index is 629. The predicted octanol–water partition coefficient (Wildman–Crippen LogP) is 4.43. The van der Waals surface area contributed by atoms with Crippen LogP contribution in [0.25, 0.3) is 0 Å². The van der Waals surface area contributed by atoms with Crippen LogP contribution in [0.5, 0.6) is 5.75 Å². The zero-order valence-corrected chi connectivity index (χ0v) is 17.4. The molecule has 0 saturated carbocycles. The fourth-order valence-corrected chi connectivity index (χ4v) is 2.91. The van der Waals surface area contributed by atoms with Crippen molar-refractivity contribution in [3.63, 3.8) is 0 Å². The lowest BCUT2D eigenvalue weighted by Crippen LogP contribution is -2.44. The van der Waals surface area contributed by atoms with E-state index < -0.39 is 11.6 Å². The van der Waals surface area contributed by atoms with Crippen LogP contribution in [0, 0.1) is 5.92 Å². The van der Waals surface area contributed by atoms with Crippen LogP contribution >= 0.6 is 0 Å². The number of esters is 1. The molecule has 0 spiro atoms. The molecule has 0 aliphatic carbocycles. The number of carbonyl (C=O) groups excluding carboxylic acids is 2. The van der Waals surface area contributed by atoms with E-state index in [1.807, 2.05) is 20.8 Å². The maximum Gasteiger partial charge on any atom is 0.341 e. The van der Waals surface area contributed by atoms with Gasteiger partial charge in [0.25, 0.3) is 5.91 Å². The Morgan fingerprint density at radius 3 is 2.48 bits per heavy atom. The minimum atomic E-state index is -0.940. The highest BCUT2D eigenvalue weighted by Crippen LogP contribution is 2.27. The van der Waals surface area contributed by atoms with Crippen LogP contribution in [0.2, 0.25) is 0 Å². The Hall–Kier alpha value is -2.08. The van der Waals surface area contributed by atoms with Crippen molar-refractivity contribution in [3.05, 3.63) is 23.8 Å². The molecule has 0 bridgehead atoms. The first-order valence-corrected chi connectivity index (χ1v) is 9.57. The number of amides is 1. The van der Waals surface area contributed by atoms with Crippen LogP contribution in [0.3, 0.4) is 0 Å². The number of hydrogen-bond acceptors (Lipinski definition) is 5. The van der Waals surface area contributed by atoms with E-state index in [1.165, 1.54) is 7.11 Å². The van der Waals surface area contributed by atoms with Crippen LogP contribution in [0.4, 0.5) is 5.69 Å². The number of methoxy groups -OCH3 is 1. The smallest absolute Gasteiger partial charge is 0.341 e. The van der Waals surface area contributed by atoms with E-state index >= 15 is 0 Å². The molecule has 0 aliphatic rings. The van der Waals surface area contributed by atoms with E-state index in [9.17, 15) is 9.59 Å². The molecule has 1 amide bonds. The summed E-state index contributed by atoms with van der Waals surface area (Å²) in [5.74, 6) is -0.00353. The lowest BCUT2D eigenvalue weighted by Gasteiger charge is -2.30. The van der Waals surface area contributed by atoms with Gasteiger partial charge in [-0.15, -0.1) is 0 Å². The predicted molar refractivity (Wildman–Crippen MR) is 106 cm³/mol. The van der Waals surface area contributed by atoms with Crippen LogP contribution < -0.4 is 10.1 Å². The summed E-state index contributed by atoms with van der Waals surface area (Å²) in [5, 5.41) is 2.86. The molecule has 1 atom stereocenters. The highest BCUT2D eigenvalue weighted by Gasteiger charge is 2.34. The zero-order chi connectivity index (χ0) is 20.4. The number of hydrogen-bond donors (Lipinski definition) is 1. The van der Waals surface area contributed by atoms with Gasteiger partial charge in [0.15, 0.2) is 0 Å². The second kappa shape index (κ2) is 10.9. The number of nitrogens with one attached hydrogen (secondary N) is 1. The van der Waals surface area contributed by atoms with Gasteiger partial charge in [-0.2, -0.15) is 0 Å². The maximum atomic E-state index is 12.8. The molecule has 0 radical (unpaired) electrons. The van der Waals surface area contributed by atoms with Gasteiger partial charge in [0, 0.05) is 12.3 Å². The lowest BCUT2D eigenvalue weighted by atomic mass is 9.93. The number of benzene rings is 1. The Morgan fingerprint density at radius 2 is 1.93 bits per heavy atom. The Kier molecular flexibility index (Phi) is 9.29. The molecule has 6 nitrogen and oxygen atoms in total. The summed E-state index contributed by atoms with van der Waals surface area (Å²) in [7, 11) is 1.32. The normalized spacial score (nSPS) is 13.1. The van der Waals surface area contributed by atoms with E-state index in [4.69, 9.17) is 14.2 Å². The van der Waals surface area contributed by atoms with Gasteiger partial charge in [-0.25, -0.2) is 4.79 Å². The molecule has 0 fully saturated rings. The third kappa shape index (κ3) is 6.86. The van der Waals surface area contributed by atoms with Crippen molar-refractivity contribution in [2.75, 3.05) is 25.6 Å². The average molecular weight is 379 g/mol. The summed E-state index contributed by atoms with van der Waals surface area (Å²) in [5.41, 5.74) is -0.156. The molecule has 27 heavy (non-hydrogen) atoms. The Labute approximate surface area is 162 Å². The topological polar surface area (TPSA) is 73.9 Å². The van der Waals surface area contributed by atoms with Gasteiger partial charge in [-0.1, -0.05) is 27.2 Å². The quantitative estimate of drug-likeness (QED) is 0.455. The van der Waals surface area contributed by atoms with Gasteiger partial charge in [0.05, 0.1) is 13.7 Å². The molecule has 0 aromatic heterocycles. The highest BCUT2D eigenvalue weighted by molar-refractivity contribution is 5.99. The lowest BCUT2D eigenvalue weighted by molar-refractivity contribution is -0.140. The third-order valence-corrected chi connectivity index (χ3v) is 4.14. The number of ether oxygens (including phenoxy) is 3. The van der Waals surface area contributed by atoms with E-state index in [0.29, 0.717) is 37.0 Å². The second-order valence-electron chi connectivity index (χ2n) is 7.12. The molecule has 1 aromatic carbocycles. The van der Waals surface area contributed by atoms with Crippen molar-refractivity contribution >= 4 is 17.6 Å². The van der Waals surface area contributed by atoms with Crippen molar-refractivity contribution in [1.29, 1.82) is 0 Å². The van der Waals surface area contributed by atoms with E-state index in [-0.39, 0.29) is 11.5 Å². The van der Waals surface area contributed by atoms with Crippen molar-refractivity contribution in [1.82, 2.24) is 0 Å². The largest absolute Gasteiger partial charge is 0.493 e.